The maximum Gasteiger partial charge on any atom is 0.418 e. The third-order valence-corrected chi connectivity index (χ3v) is 5.04. The van der Waals surface area contributed by atoms with E-state index in [9.17, 15) is 22.8 Å². The van der Waals surface area contributed by atoms with Gasteiger partial charge in [-0.15, -0.1) is 0 Å². The molecule has 0 aromatic heterocycles. The molecule has 1 unspecified atom stereocenters. The number of nitrogens with two attached hydrogens (primary N) is 2. The maximum absolute atomic E-state index is 12.6. The van der Waals surface area contributed by atoms with Gasteiger partial charge in [-0.2, -0.15) is 13.2 Å². The zero-order chi connectivity index (χ0) is 26.6. The third-order valence-electron chi connectivity index (χ3n) is 4.79. The lowest BCUT2D eigenvalue weighted by atomic mass is 10.0. The number of hydrogen-bond acceptors (Lipinski definition) is 5. The van der Waals surface area contributed by atoms with E-state index in [0.717, 1.165) is 11.1 Å². The molecule has 0 saturated carbocycles. The van der Waals surface area contributed by atoms with Crippen LogP contribution < -0.4 is 21.5 Å². The molecule has 190 valence electrons. The van der Waals surface area contributed by atoms with Crippen molar-refractivity contribution in [3.8, 4) is 5.75 Å². The minimum atomic E-state index is -4.60. The fraction of sp³-hybridized carbons (Fsp3) is 0.280. The molecule has 2 aromatic carbocycles. The molecule has 0 saturated heterocycles. The van der Waals surface area contributed by atoms with Crippen LogP contribution in [-0.4, -0.2) is 30.5 Å². The Bertz CT molecular complexity index is 1020. The van der Waals surface area contributed by atoms with Crippen LogP contribution in [0.5, 0.6) is 5.75 Å². The second-order valence-electron chi connectivity index (χ2n) is 7.71. The van der Waals surface area contributed by atoms with Crippen molar-refractivity contribution in [1.82, 2.24) is 5.32 Å². The number of allylic oxidation sites excluding steroid dienone is 2. The van der Waals surface area contributed by atoms with Gasteiger partial charge in [-0.05, 0) is 50.2 Å². The molecule has 0 aliphatic carbocycles. The highest BCUT2D eigenvalue weighted by Crippen LogP contribution is 2.28. The van der Waals surface area contributed by atoms with Gasteiger partial charge >= 0.3 is 6.18 Å². The summed E-state index contributed by atoms with van der Waals surface area (Å²) >= 11 is 5.87. The zero-order valence-electron chi connectivity index (χ0n) is 19.5. The lowest BCUT2D eigenvalue weighted by Gasteiger charge is -2.29. The topological polar surface area (TPSA) is 107 Å². The van der Waals surface area contributed by atoms with Crippen molar-refractivity contribution in [3.05, 3.63) is 88.6 Å². The Labute approximate surface area is 207 Å². The van der Waals surface area contributed by atoms with E-state index in [2.05, 4.69) is 17.6 Å². The smallest absolute Gasteiger partial charge is 0.418 e. The Hall–Kier alpha value is -3.30. The number of rotatable bonds is 9. The van der Waals surface area contributed by atoms with Crippen LogP contribution in [0.4, 0.5) is 13.2 Å². The van der Waals surface area contributed by atoms with Crippen LogP contribution in [0.25, 0.3) is 0 Å². The Morgan fingerprint density at radius 3 is 2.14 bits per heavy atom. The standard InChI is InChI=1S/C19H23ClN2O2.C6H6F3NO/c1-14-3-9-17(10-4-14)24-19(2,11-12-21)18(23)22-13-15-5-7-16(20)8-6-15;1-4(3-11)5(2-10)6(7,8)9/h3-10H,11-13,21H2,1-2H3,(H,22,23);2-3H,1,10H2/b;5-2+. The number of benzene rings is 2. The summed E-state index contributed by atoms with van der Waals surface area (Å²) in [5.41, 5.74) is 9.53. The number of carbonyl (C=O) groups is 2. The molecule has 1 amide bonds. The average molecular weight is 512 g/mol. The van der Waals surface area contributed by atoms with Crippen molar-refractivity contribution in [3.63, 3.8) is 0 Å². The van der Waals surface area contributed by atoms with E-state index < -0.39 is 22.9 Å². The molecule has 6 nitrogen and oxygen atoms in total. The normalized spacial score (nSPS) is 13.1. The van der Waals surface area contributed by atoms with Gasteiger partial charge in [0.2, 0.25) is 0 Å². The summed E-state index contributed by atoms with van der Waals surface area (Å²) in [6.45, 7) is 7.40. The quantitative estimate of drug-likeness (QED) is 0.259. The van der Waals surface area contributed by atoms with Crippen molar-refractivity contribution in [2.45, 2.75) is 38.6 Å². The molecule has 0 aliphatic rings. The van der Waals surface area contributed by atoms with Crippen molar-refractivity contribution < 1.29 is 27.5 Å². The fourth-order valence-corrected chi connectivity index (χ4v) is 2.90. The molecular formula is C25H29ClF3N3O3. The minimum Gasteiger partial charge on any atom is -0.478 e. The van der Waals surface area contributed by atoms with Crippen LogP contribution in [0.1, 0.15) is 24.5 Å². The summed E-state index contributed by atoms with van der Waals surface area (Å²) in [5.74, 6) is 0.460. The largest absolute Gasteiger partial charge is 0.478 e. The lowest BCUT2D eigenvalue weighted by Crippen LogP contribution is -2.49. The molecule has 2 rings (SSSR count). The first-order chi connectivity index (χ1) is 16.4. The van der Waals surface area contributed by atoms with Gasteiger partial charge in [-0.25, -0.2) is 0 Å². The van der Waals surface area contributed by atoms with Gasteiger partial charge in [0.1, 0.15) is 12.0 Å². The Morgan fingerprint density at radius 1 is 1.14 bits per heavy atom. The highest BCUT2D eigenvalue weighted by Gasteiger charge is 2.35. The van der Waals surface area contributed by atoms with Crippen molar-refractivity contribution in [1.29, 1.82) is 0 Å². The first-order valence-electron chi connectivity index (χ1n) is 10.5. The second kappa shape index (κ2) is 13.6. The lowest BCUT2D eigenvalue weighted by molar-refractivity contribution is -0.136. The van der Waals surface area contributed by atoms with E-state index in [-0.39, 0.29) is 12.2 Å². The molecule has 0 radical (unpaired) electrons. The molecule has 0 aliphatic heterocycles. The Morgan fingerprint density at radius 2 is 1.71 bits per heavy atom. The fourth-order valence-electron chi connectivity index (χ4n) is 2.77. The summed E-state index contributed by atoms with van der Waals surface area (Å²) in [4.78, 5) is 22.5. The predicted octanol–water partition coefficient (Wildman–Crippen LogP) is 4.60. The molecular weight excluding hydrogens is 483 g/mol. The van der Waals surface area contributed by atoms with E-state index in [4.69, 9.17) is 22.1 Å². The number of halogens is 4. The van der Waals surface area contributed by atoms with E-state index in [1.165, 1.54) is 0 Å². The molecule has 5 N–H and O–H groups in total. The molecule has 0 heterocycles. The highest BCUT2D eigenvalue weighted by molar-refractivity contribution is 6.30. The molecule has 35 heavy (non-hydrogen) atoms. The number of carbonyl (C=O) groups excluding carboxylic acids is 2. The first kappa shape index (κ1) is 29.7. The molecule has 0 fully saturated rings. The molecule has 0 bridgehead atoms. The number of aldehydes is 1. The summed E-state index contributed by atoms with van der Waals surface area (Å²) in [7, 11) is 0. The van der Waals surface area contributed by atoms with Gasteiger partial charge in [0.25, 0.3) is 5.91 Å². The average Bonchev–Trinajstić information content (AvgIpc) is 2.80. The van der Waals surface area contributed by atoms with E-state index in [1.54, 1.807) is 19.1 Å². The van der Waals surface area contributed by atoms with Crippen LogP contribution in [0, 0.1) is 6.92 Å². The van der Waals surface area contributed by atoms with Gasteiger partial charge in [-0.3, -0.25) is 9.59 Å². The molecule has 10 heteroatoms. The summed E-state index contributed by atoms with van der Waals surface area (Å²) < 4.78 is 41.3. The summed E-state index contributed by atoms with van der Waals surface area (Å²) in [6.07, 6.45) is -3.86. The first-order valence-corrected chi connectivity index (χ1v) is 10.9. The monoisotopic (exact) mass is 511 g/mol. The van der Waals surface area contributed by atoms with Gasteiger partial charge in [0.15, 0.2) is 5.60 Å². The van der Waals surface area contributed by atoms with Gasteiger partial charge in [-0.1, -0.05) is 48.0 Å². The Kier molecular flexibility index (Phi) is 11.5. The van der Waals surface area contributed by atoms with Crippen LogP contribution in [0.3, 0.4) is 0 Å². The molecule has 1 atom stereocenters. The van der Waals surface area contributed by atoms with Gasteiger partial charge in [0, 0.05) is 29.8 Å². The number of aryl methyl sites for hydroxylation is 1. The zero-order valence-corrected chi connectivity index (χ0v) is 20.2. The Balaban J connectivity index is 0.000000471. The molecule has 0 spiro atoms. The number of nitrogens with one attached hydrogen (secondary N) is 1. The van der Waals surface area contributed by atoms with Crippen molar-refractivity contribution in [2.24, 2.45) is 11.5 Å². The van der Waals surface area contributed by atoms with Crippen molar-refractivity contribution >= 4 is 23.8 Å². The van der Waals surface area contributed by atoms with Crippen LogP contribution in [0.15, 0.2) is 72.5 Å². The van der Waals surface area contributed by atoms with Gasteiger partial charge in [0.05, 0.1) is 5.57 Å². The maximum atomic E-state index is 12.6. The van der Waals surface area contributed by atoms with Crippen LogP contribution in [0.2, 0.25) is 5.02 Å². The van der Waals surface area contributed by atoms with Crippen LogP contribution >= 0.6 is 11.6 Å². The van der Waals surface area contributed by atoms with Gasteiger partial charge < -0.3 is 21.5 Å². The van der Waals surface area contributed by atoms with Crippen LogP contribution in [-0.2, 0) is 16.1 Å². The number of amides is 1. The third kappa shape index (κ3) is 9.84. The van der Waals surface area contributed by atoms with E-state index in [0.29, 0.717) is 36.5 Å². The molecule has 2 aromatic rings. The predicted molar refractivity (Wildman–Crippen MR) is 131 cm³/mol. The van der Waals surface area contributed by atoms with Crippen molar-refractivity contribution in [2.75, 3.05) is 6.54 Å². The minimum absolute atomic E-state index is 0.00613. The summed E-state index contributed by atoms with van der Waals surface area (Å²) in [6, 6.07) is 15.0. The SMILES string of the molecule is C=C(C=O)/C(=C\N)C(F)(F)F.Cc1ccc(OC(C)(CCN)C(=O)NCc2ccc(Cl)cc2)cc1. The summed E-state index contributed by atoms with van der Waals surface area (Å²) in [5, 5.41) is 3.58. The second-order valence-corrected chi connectivity index (χ2v) is 8.15. The van der Waals surface area contributed by atoms with E-state index >= 15 is 0 Å². The number of hydrogen-bond donors (Lipinski definition) is 3. The highest BCUT2D eigenvalue weighted by atomic mass is 35.5. The van der Waals surface area contributed by atoms with E-state index in [1.807, 2.05) is 43.3 Å². The number of ether oxygens (including phenoxy) is 1. The number of alkyl halides is 3.